The Morgan fingerprint density at radius 1 is 1.18 bits per heavy atom. The van der Waals surface area contributed by atoms with Crippen LogP contribution in [-0.2, 0) is 11.8 Å². The van der Waals surface area contributed by atoms with Gasteiger partial charge in [-0.1, -0.05) is 44.0 Å². The van der Waals surface area contributed by atoms with Gasteiger partial charge in [-0.25, -0.2) is 0 Å². The molecule has 0 atom stereocenters. The fraction of sp³-hybridized carbons (Fsp3) is 0.455. The second kappa shape index (κ2) is 7.04. The molecule has 1 aromatic rings. The van der Waals surface area contributed by atoms with Crippen LogP contribution in [0, 0.1) is 0 Å². The average Bonchev–Trinajstić information content (AvgIpc) is 2.25. The molecule has 0 aromatic heterocycles. The summed E-state index contributed by atoms with van der Waals surface area (Å²) in [4.78, 5) is 0.275. The normalized spacial score (nSPS) is 11.8. The molecular weight excluding hydrogens is 381 g/mol. The molecule has 1 rings (SSSR count). The molecule has 0 amide bonds. The van der Waals surface area contributed by atoms with Crippen molar-refractivity contribution >= 4 is 43.6 Å². The van der Waals surface area contributed by atoms with Gasteiger partial charge < -0.3 is 0 Å². The molecule has 0 nitrogen and oxygen atoms in total. The van der Waals surface area contributed by atoms with Gasteiger partial charge in [0, 0.05) is 15.6 Å². The van der Waals surface area contributed by atoms with Gasteiger partial charge in [-0.3, -0.25) is 0 Å². The summed E-state index contributed by atoms with van der Waals surface area (Å²) in [6.45, 7) is 0. The fourth-order valence-electron chi connectivity index (χ4n) is 1.39. The first-order chi connectivity index (χ1) is 7.96. The van der Waals surface area contributed by atoms with E-state index in [4.69, 9.17) is 0 Å². The maximum absolute atomic E-state index is 12.3. The highest BCUT2D eigenvalue weighted by Gasteiger charge is 2.30. The number of hydrogen-bond donors (Lipinski definition) is 0. The van der Waals surface area contributed by atoms with E-state index in [9.17, 15) is 13.2 Å². The lowest BCUT2D eigenvalue weighted by Crippen LogP contribution is -2.01. The zero-order valence-corrected chi connectivity index (χ0v) is 12.8. The zero-order chi connectivity index (χ0) is 12.9. The summed E-state index contributed by atoms with van der Waals surface area (Å²) < 4.78 is 36.9. The molecule has 96 valence electrons. The SMILES string of the molecule is FC(F)(F)Sc1ccc(CCCBr)cc1CBr. The smallest absolute Gasteiger partial charge is 0.160 e. The molecule has 17 heavy (non-hydrogen) atoms. The third kappa shape index (κ3) is 5.66. The topological polar surface area (TPSA) is 0 Å². The molecule has 0 spiro atoms. The van der Waals surface area contributed by atoms with Gasteiger partial charge in [0.05, 0.1) is 0 Å². The monoisotopic (exact) mass is 390 g/mol. The van der Waals surface area contributed by atoms with E-state index in [0.717, 1.165) is 23.7 Å². The minimum atomic E-state index is -4.23. The van der Waals surface area contributed by atoms with E-state index in [1.807, 2.05) is 6.07 Å². The summed E-state index contributed by atoms with van der Waals surface area (Å²) in [6, 6.07) is 5.16. The standard InChI is InChI=1S/C11H11Br2F3S/c12-5-1-2-8-3-4-10(9(6-8)7-13)17-11(14,15)16/h3-4,6H,1-2,5,7H2. The predicted octanol–water partition coefficient (Wildman–Crippen LogP) is 5.52. The first kappa shape index (κ1) is 15.4. The fourth-order valence-corrected chi connectivity index (χ4v) is 2.97. The van der Waals surface area contributed by atoms with Crippen LogP contribution in [0.4, 0.5) is 13.2 Å². The Bertz CT molecular complexity index is 366. The molecule has 0 bridgehead atoms. The first-order valence-electron chi connectivity index (χ1n) is 4.95. The molecule has 0 unspecified atom stereocenters. The summed E-state index contributed by atoms with van der Waals surface area (Å²) in [5, 5.41) is 1.34. The van der Waals surface area contributed by atoms with Gasteiger partial charge in [0.1, 0.15) is 0 Å². The Labute approximate surface area is 120 Å². The molecule has 0 saturated heterocycles. The van der Waals surface area contributed by atoms with Crippen molar-refractivity contribution in [2.24, 2.45) is 0 Å². The predicted molar refractivity (Wildman–Crippen MR) is 73.1 cm³/mol. The van der Waals surface area contributed by atoms with E-state index in [1.54, 1.807) is 12.1 Å². The zero-order valence-electron chi connectivity index (χ0n) is 8.86. The Hall–Kier alpha value is 0.320. The third-order valence-corrected chi connectivity index (χ3v) is 4.11. The third-order valence-electron chi connectivity index (χ3n) is 2.09. The maximum Gasteiger partial charge on any atom is 0.446 e. The van der Waals surface area contributed by atoms with Crippen molar-refractivity contribution in [2.45, 2.75) is 28.6 Å². The van der Waals surface area contributed by atoms with Gasteiger partial charge >= 0.3 is 5.51 Å². The lowest BCUT2D eigenvalue weighted by Gasteiger charge is -2.11. The number of aryl methyl sites for hydroxylation is 1. The van der Waals surface area contributed by atoms with E-state index in [0.29, 0.717) is 10.9 Å². The van der Waals surface area contributed by atoms with E-state index in [-0.39, 0.29) is 16.7 Å². The molecule has 0 N–H and O–H groups in total. The molecule has 0 radical (unpaired) electrons. The van der Waals surface area contributed by atoms with Crippen molar-refractivity contribution in [2.75, 3.05) is 5.33 Å². The van der Waals surface area contributed by atoms with E-state index >= 15 is 0 Å². The highest BCUT2D eigenvalue weighted by molar-refractivity contribution is 9.09. The van der Waals surface area contributed by atoms with Gasteiger partial charge in [-0.15, -0.1) is 0 Å². The lowest BCUT2D eigenvalue weighted by atomic mass is 10.1. The minimum absolute atomic E-state index is 0.0548. The van der Waals surface area contributed by atoms with E-state index < -0.39 is 5.51 Å². The molecule has 0 fully saturated rings. The minimum Gasteiger partial charge on any atom is -0.160 e. The van der Waals surface area contributed by atoms with E-state index in [1.165, 1.54) is 0 Å². The Morgan fingerprint density at radius 2 is 1.88 bits per heavy atom. The maximum atomic E-state index is 12.3. The summed E-state index contributed by atoms with van der Waals surface area (Å²) in [5.74, 6) is 0. The van der Waals surface area contributed by atoms with Gasteiger partial charge in [0.2, 0.25) is 0 Å². The van der Waals surface area contributed by atoms with Crippen molar-refractivity contribution in [3.05, 3.63) is 29.3 Å². The van der Waals surface area contributed by atoms with Crippen LogP contribution in [0.5, 0.6) is 0 Å². The van der Waals surface area contributed by atoms with Gasteiger partial charge in [0.15, 0.2) is 0 Å². The van der Waals surface area contributed by atoms with Gasteiger partial charge in [-0.2, -0.15) is 13.2 Å². The van der Waals surface area contributed by atoms with Crippen LogP contribution in [-0.4, -0.2) is 10.8 Å². The van der Waals surface area contributed by atoms with Crippen LogP contribution in [0.3, 0.4) is 0 Å². The average molecular weight is 392 g/mol. The van der Waals surface area contributed by atoms with Crippen LogP contribution >= 0.6 is 43.6 Å². The molecule has 0 aliphatic heterocycles. The summed E-state index contributed by atoms with van der Waals surface area (Å²) in [7, 11) is 0. The van der Waals surface area contributed by atoms with Crippen LogP contribution in [0.1, 0.15) is 17.5 Å². The summed E-state index contributed by atoms with van der Waals surface area (Å²) in [6.07, 6.45) is 1.86. The van der Waals surface area contributed by atoms with Crippen LogP contribution in [0.25, 0.3) is 0 Å². The number of thioether (sulfide) groups is 1. The van der Waals surface area contributed by atoms with Crippen LogP contribution < -0.4 is 0 Å². The molecule has 0 aliphatic carbocycles. The molecule has 1 aromatic carbocycles. The summed E-state index contributed by atoms with van der Waals surface area (Å²) >= 11 is 6.51. The molecule has 0 aliphatic rings. The number of benzene rings is 1. The molecule has 0 heterocycles. The van der Waals surface area contributed by atoms with Crippen molar-refractivity contribution in [3.63, 3.8) is 0 Å². The van der Waals surface area contributed by atoms with Crippen molar-refractivity contribution in [1.29, 1.82) is 0 Å². The Kier molecular flexibility index (Phi) is 6.37. The number of halogens is 5. The molecular formula is C11H11Br2F3S. The van der Waals surface area contributed by atoms with Gasteiger partial charge in [0.25, 0.3) is 0 Å². The number of hydrogen-bond acceptors (Lipinski definition) is 1. The number of alkyl halides is 5. The lowest BCUT2D eigenvalue weighted by molar-refractivity contribution is -0.0328. The second-order valence-electron chi connectivity index (χ2n) is 3.42. The van der Waals surface area contributed by atoms with E-state index in [2.05, 4.69) is 31.9 Å². The summed E-state index contributed by atoms with van der Waals surface area (Å²) in [5.41, 5.74) is -2.46. The first-order valence-corrected chi connectivity index (χ1v) is 8.01. The van der Waals surface area contributed by atoms with Crippen LogP contribution in [0.2, 0.25) is 0 Å². The largest absolute Gasteiger partial charge is 0.446 e. The Morgan fingerprint density at radius 3 is 2.41 bits per heavy atom. The highest BCUT2D eigenvalue weighted by Crippen LogP contribution is 2.39. The van der Waals surface area contributed by atoms with Crippen molar-refractivity contribution < 1.29 is 13.2 Å². The second-order valence-corrected chi connectivity index (χ2v) is 5.88. The quantitative estimate of drug-likeness (QED) is 0.470. The highest BCUT2D eigenvalue weighted by atomic mass is 79.9. The van der Waals surface area contributed by atoms with Crippen molar-refractivity contribution in [1.82, 2.24) is 0 Å². The van der Waals surface area contributed by atoms with Crippen LogP contribution in [0.15, 0.2) is 23.1 Å². The van der Waals surface area contributed by atoms with Crippen molar-refractivity contribution in [3.8, 4) is 0 Å². The molecule has 6 heteroatoms. The molecule has 0 saturated carbocycles. The van der Waals surface area contributed by atoms with Gasteiger partial charge in [-0.05, 0) is 41.8 Å². The number of rotatable bonds is 5. The Balaban J connectivity index is 2.85.